The lowest BCUT2D eigenvalue weighted by Crippen LogP contribution is -2.24. The van der Waals surface area contributed by atoms with E-state index in [1.807, 2.05) is 0 Å². The number of imide groups is 1. The number of fused-ring (bicyclic) bond motifs is 1. The molecule has 3 amide bonds. The molecule has 1 heterocycles. The van der Waals surface area contributed by atoms with Crippen LogP contribution in [0, 0.1) is 0 Å². The van der Waals surface area contributed by atoms with Gasteiger partial charge in [0.1, 0.15) is 0 Å². The highest BCUT2D eigenvalue weighted by atomic mass is 35.5. The van der Waals surface area contributed by atoms with Crippen molar-refractivity contribution in [2.24, 2.45) is 0 Å². The van der Waals surface area contributed by atoms with Crippen LogP contribution in [0.2, 0.25) is 5.02 Å². The van der Waals surface area contributed by atoms with Crippen LogP contribution >= 0.6 is 11.6 Å². The van der Waals surface area contributed by atoms with Crippen molar-refractivity contribution in [2.75, 3.05) is 12.4 Å². The monoisotopic (exact) mass is 396 g/mol. The van der Waals surface area contributed by atoms with Gasteiger partial charge in [0.05, 0.1) is 28.1 Å². The minimum atomic E-state index is -4.66. The zero-order chi connectivity index (χ0) is 19.9. The molecule has 1 aliphatic rings. The largest absolute Gasteiger partial charge is 0.417 e. The van der Waals surface area contributed by atoms with Gasteiger partial charge in [0.15, 0.2) is 0 Å². The fourth-order valence-electron chi connectivity index (χ4n) is 2.82. The second-order valence-corrected chi connectivity index (χ2v) is 6.33. The maximum Gasteiger partial charge on any atom is 0.417 e. The van der Waals surface area contributed by atoms with E-state index in [-0.39, 0.29) is 23.2 Å². The number of carbonyl (C=O) groups excluding carboxylic acids is 3. The summed E-state index contributed by atoms with van der Waals surface area (Å²) in [6, 6.07) is 7.56. The van der Waals surface area contributed by atoms with Gasteiger partial charge in [0, 0.05) is 12.7 Å². The van der Waals surface area contributed by atoms with Gasteiger partial charge in [-0.2, -0.15) is 13.2 Å². The van der Waals surface area contributed by atoms with Gasteiger partial charge < -0.3 is 5.32 Å². The van der Waals surface area contributed by atoms with E-state index in [0.29, 0.717) is 5.56 Å². The number of carbonyl (C=O) groups is 3. The van der Waals surface area contributed by atoms with Crippen molar-refractivity contribution in [3.05, 3.63) is 63.7 Å². The molecule has 0 saturated heterocycles. The van der Waals surface area contributed by atoms with Crippen molar-refractivity contribution in [1.82, 2.24) is 4.90 Å². The number of rotatable bonds is 3. The fraction of sp³-hybridized carbons (Fsp3) is 0.167. The Hall–Kier alpha value is -2.87. The average molecular weight is 397 g/mol. The fourth-order valence-corrected chi connectivity index (χ4v) is 3.04. The molecule has 0 bridgehead atoms. The van der Waals surface area contributed by atoms with Crippen LogP contribution in [0.4, 0.5) is 18.9 Å². The average Bonchev–Trinajstić information content (AvgIpc) is 2.81. The number of benzene rings is 2. The smallest absolute Gasteiger partial charge is 0.326 e. The molecular formula is C18H12ClF3N2O3. The topological polar surface area (TPSA) is 66.5 Å². The van der Waals surface area contributed by atoms with Gasteiger partial charge in [0.2, 0.25) is 5.91 Å². The number of amides is 3. The van der Waals surface area contributed by atoms with E-state index in [1.54, 1.807) is 0 Å². The number of halogens is 4. The van der Waals surface area contributed by atoms with Crippen LogP contribution in [0.1, 0.15) is 31.8 Å². The first kappa shape index (κ1) is 18.9. The maximum absolute atomic E-state index is 12.9. The second kappa shape index (κ2) is 6.70. The van der Waals surface area contributed by atoms with Crippen molar-refractivity contribution in [2.45, 2.75) is 12.6 Å². The van der Waals surface area contributed by atoms with Crippen LogP contribution in [0.5, 0.6) is 0 Å². The first-order valence-corrected chi connectivity index (χ1v) is 8.08. The van der Waals surface area contributed by atoms with Gasteiger partial charge in [-0.25, -0.2) is 0 Å². The lowest BCUT2D eigenvalue weighted by Gasteiger charge is -2.12. The van der Waals surface area contributed by atoms with E-state index >= 15 is 0 Å². The molecule has 27 heavy (non-hydrogen) atoms. The maximum atomic E-state index is 12.9. The molecule has 5 nitrogen and oxygen atoms in total. The molecule has 140 valence electrons. The van der Waals surface area contributed by atoms with Crippen LogP contribution < -0.4 is 5.32 Å². The minimum Gasteiger partial charge on any atom is -0.326 e. The highest BCUT2D eigenvalue weighted by Gasteiger charge is 2.35. The van der Waals surface area contributed by atoms with Gasteiger partial charge in [-0.05, 0) is 29.8 Å². The van der Waals surface area contributed by atoms with E-state index < -0.39 is 34.5 Å². The third-order valence-electron chi connectivity index (χ3n) is 4.11. The summed E-state index contributed by atoms with van der Waals surface area (Å²) >= 11 is 5.55. The molecule has 0 spiro atoms. The number of alkyl halides is 3. The Labute approximate surface area is 156 Å². The molecule has 1 aliphatic heterocycles. The van der Waals surface area contributed by atoms with E-state index in [9.17, 15) is 27.6 Å². The molecule has 0 atom stereocenters. The first-order valence-electron chi connectivity index (χ1n) is 7.70. The molecule has 1 N–H and O–H groups in total. The summed E-state index contributed by atoms with van der Waals surface area (Å²) in [6.07, 6.45) is -4.94. The molecule has 0 aromatic heterocycles. The summed E-state index contributed by atoms with van der Waals surface area (Å²) in [4.78, 5) is 37.4. The summed E-state index contributed by atoms with van der Waals surface area (Å²) in [5.41, 5.74) is -0.502. The van der Waals surface area contributed by atoms with Gasteiger partial charge in [-0.1, -0.05) is 23.7 Å². The molecule has 0 saturated carbocycles. The predicted molar refractivity (Wildman–Crippen MR) is 91.7 cm³/mol. The summed E-state index contributed by atoms with van der Waals surface area (Å²) in [5.74, 6) is -1.62. The number of nitrogens with one attached hydrogen (secondary N) is 1. The molecule has 9 heteroatoms. The summed E-state index contributed by atoms with van der Waals surface area (Å²) < 4.78 is 38.7. The van der Waals surface area contributed by atoms with Crippen LogP contribution in [-0.4, -0.2) is 29.7 Å². The third-order valence-corrected chi connectivity index (χ3v) is 4.44. The Morgan fingerprint density at radius 3 is 2.52 bits per heavy atom. The lowest BCUT2D eigenvalue weighted by molar-refractivity contribution is -0.137. The van der Waals surface area contributed by atoms with Gasteiger partial charge in [-0.15, -0.1) is 0 Å². The first-order chi connectivity index (χ1) is 12.6. The predicted octanol–water partition coefficient (Wildman–Crippen LogP) is 3.77. The zero-order valence-electron chi connectivity index (χ0n) is 13.9. The Bertz CT molecular complexity index is 973. The molecular weight excluding hydrogens is 385 g/mol. The summed E-state index contributed by atoms with van der Waals surface area (Å²) in [7, 11) is 1.33. The van der Waals surface area contributed by atoms with E-state index in [4.69, 9.17) is 11.6 Å². The quantitative estimate of drug-likeness (QED) is 0.803. The molecule has 2 aromatic rings. The van der Waals surface area contributed by atoms with Crippen molar-refractivity contribution >= 4 is 35.0 Å². The highest BCUT2D eigenvalue weighted by molar-refractivity contribution is 6.31. The van der Waals surface area contributed by atoms with Crippen LogP contribution in [0.3, 0.4) is 0 Å². The number of hydrogen-bond donors (Lipinski definition) is 1. The Kier molecular flexibility index (Phi) is 4.69. The number of anilines is 1. The minimum absolute atomic E-state index is 0.0798. The van der Waals surface area contributed by atoms with Gasteiger partial charge in [0.25, 0.3) is 11.8 Å². The van der Waals surface area contributed by atoms with Crippen LogP contribution in [0.25, 0.3) is 0 Å². The van der Waals surface area contributed by atoms with E-state index in [0.717, 1.165) is 17.0 Å². The normalized spacial score (nSPS) is 13.7. The summed E-state index contributed by atoms with van der Waals surface area (Å²) in [6.45, 7) is 0. The molecule has 3 rings (SSSR count). The Balaban J connectivity index is 1.83. The van der Waals surface area contributed by atoms with Gasteiger partial charge in [-0.3, -0.25) is 19.3 Å². The van der Waals surface area contributed by atoms with E-state index in [2.05, 4.69) is 5.32 Å². The Morgan fingerprint density at radius 1 is 1.15 bits per heavy atom. The second-order valence-electron chi connectivity index (χ2n) is 5.93. The number of nitrogens with zero attached hydrogens (tertiary/aromatic N) is 1. The standard InChI is InChI=1S/C18H12ClF3N2O3/c1-24-16(26)11-4-2-3-9(15(11)17(24)27)7-14(25)23-10-5-6-13(19)12(8-10)18(20,21)22/h2-6,8H,7H2,1H3,(H,23,25). The number of hydrogen-bond acceptors (Lipinski definition) is 3. The van der Waals surface area contributed by atoms with Crippen molar-refractivity contribution < 1.29 is 27.6 Å². The zero-order valence-corrected chi connectivity index (χ0v) is 14.6. The molecule has 2 aromatic carbocycles. The van der Waals surface area contributed by atoms with E-state index in [1.165, 1.54) is 31.3 Å². The molecule has 0 unspecified atom stereocenters. The van der Waals surface area contributed by atoms with Crippen molar-refractivity contribution in [3.63, 3.8) is 0 Å². The van der Waals surface area contributed by atoms with Crippen LogP contribution in [0.15, 0.2) is 36.4 Å². The van der Waals surface area contributed by atoms with Crippen molar-refractivity contribution in [1.29, 1.82) is 0 Å². The highest BCUT2D eigenvalue weighted by Crippen LogP contribution is 2.36. The SMILES string of the molecule is CN1C(=O)c2cccc(CC(=O)Nc3ccc(Cl)c(C(F)(F)F)c3)c2C1=O. The third kappa shape index (κ3) is 3.52. The molecule has 0 aliphatic carbocycles. The van der Waals surface area contributed by atoms with Crippen molar-refractivity contribution in [3.8, 4) is 0 Å². The molecule has 0 radical (unpaired) electrons. The Morgan fingerprint density at radius 2 is 1.85 bits per heavy atom. The van der Waals surface area contributed by atoms with Gasteiger partial charge >= 0.3 is 6.18 Å². The molecule has 0 fully saturated rings. The van der Waals surface area contributed by atoms with Crippen LogP contribution in [-0.2, 0) is 17.4 Å². The summed E-state index contributed by atoms with van der Waals surface area (Å²) in [5, 5.41) is 1.87. The lowest BCUT2D eigenvalue weighted by atomic mass is 10.00.